The van der Waals surface area contributed by atoms with Gasteiger partial charge in [-0.15, -0.1) is 11.3 Å². The van der Waals surface area contributed by atoms with Crippen molar-refractivity contribution >= 4 is 29.2 Å². The number of azide groups is 1. The first kappa shape index (κ1) is 31.9. The van der Waals surface area contributed by atoms with Crippen LogP contribution in [0.1, 0.15) is 84.3 Å². The van der Waals surface area contributed by atoms with Gasteiger partial charge in [-0.3, -0.25) is 9.59 Å². The molecule has 1 fully saturated rings. The van der Waals surface area contributed by atoms with Crippen molar-refractivity contribution in [1.29, 1.82) is 0 Å². The molecule has 7 atom stereocenters. The molecule has 0 spiro atoms. The van der Waals surface area contributed by atoms with Crippen molar-refractivity contribution in [2.45, 2.75) is 111 Å². The lowest BCUT2D eigenvalue weighted by Crippen LogP contribution is -2.45. The molecule has 0 saturated carbocycles. The smallest absolute Gasteiger partial charge is 0.306 e. The molecule has 0 amide bonds. The Morgan fingerprint density at radius 3 is 2.58 bits per heavy atom. The standard InChI is InChI=1S/C27H42N4O6S/c1-15(24(35)17(3)25(36)26(5,6)21(32)13-23(33)34)9-8-10-27(7)22(37-27)12-20(30-31-28)16(2)11-19-14-38-18(4)29-19/h11,14-15,17,20-22,24,32,35H,8-10,12-13H2,1-7H3,(H,33,34)/b16-11+/t15-,17+,20-,21-,22-,24-,27+/m0/s1. The van der Waals surface area contributed by atoms with E-state index in [1.807, 2.05) is 39.2 Å². The van der Waals surface area contributed by atoms with Crippen LogP contribution in [0.3, 0.4) is 0 Å². The van der Waals surface area contributed by atoms with E-state index in [1.165, 1.54) is 13.8 Å². The van der Waals surface area contributed by atoms with Crippen molar-refractivity contribution in [1.82, 2.24) is 4.98 Å². The monoisotopic (exact) mass is 550 g/mol. The van der Waals surface area contributed by atoms with Crippen molar-refractivity contribution in [2.75, 3.05) is 0 Å². The van der Waals surface area contributed by atoms with Crippen molar-refractivity contribution < 1.29 is 29.6 Å². The number of aliphatic hydroxyl groups excluding tert-OH is 2. The molecule has 11 heteroatoms. The predicted octanol–water partition coefficient (Wildman–Crippen LogP) is 5.32. The van der Waals surface area contributed by atoms with Gasteiger partial charge in [0.25, 0.3) is 0 Å². The van der Waals surface area contributed by atoms with Crippen LogP contribution in [-0.2, 0) is 14.3 Å². The predicted molar refractivity (Wildman–Crippen MR) is 147 cm³/mol. The number of aliphatic hydroxyl groups is 2. The molecule has 38 heavy (non-hydrogen) atoms. The van der Waals surface area contributed by atoms with Crippen LogP contribution in [0, 0.1) is 24.2 Å². The molecule has 3 N–H and O–H groups in total. The summed E-state index contributed by atoms with van der Waals surface area (Å²) in [4.78, 5) is 31.4. The molecule has 1 aromatic rings. The van der Waals surface area contributed by atoms with Gasteiger partial charge in [-0.1, -0.05) is 44.8 Å². The highest BCUT2D eigenvalue weighted by molar-refractivity contribution is 7.09. The van der Waals surface area contributed by atoms with Gasteiger partial charge in [0, 0.05) is 16.2 Å². The van der Waals surface area contributed by atoms with Gasteiger partial charge in [0.15, 0.2) is 0 Å². The second kappa shape index (κ2) is 13.2. The summed E-state index contributed by atoms with van der Waals surface area (Å²) in [5.74, 6) is -2.46. The summed E-state index contributed by atoms with van der Waals surface area (Å²) >= 11 is 1.57. The Bertz CT molecular complexity index is 1070. The number of hydrogen-bond donors (Lipinski definition) is 3. The molecule has 1 saturated heterocycles. The van der Waals surface area contributed by atoms with Crippen molar-refractivity contribution in [2.24, 2.45) is 22.4 Å². The lowest BCUT2D eigenvalue weighted by Gasteiger charge is -2.34. The number of aromatic nitrogens is 1. The Hall–Kier alpha value is -2.30. The quantitative estimate of drug-likeness (QED) is 0.108. The molecule has 0 aromatic carbocycles. The second-order valence-corrected chi connectivity index (χ2v) is 12.5. The highest BCUT2D eigenvalue weighted by Crippen LogP contribution is 2.45. The van der Waals surface area contributed by atoms with Crippen molar-refractivity contribution in [3.8, 4) is 0 Å². The van der Waals surface area contributed by atoms with Gasteiger partial charge in [0.1, 0.15) is 5.78 Å². The number of Topliss-reactive ketones (excluding diaryl/α,β-unsaturated/α-hetero) is 1. The van der Waals surface area contributed by atoms with Gasteiger partial charge < -0.3 is 20.1 Å². The summed E-state index contributed by atoms with van der Waals surface area (Å²) in [5, 5.41) is 36.9. The van der Waals surface area contributed by atoms with Crippen LogP contribution in [0.15, 0.2) is 16.1 Å². The van der Waals surface area contributed by atoms with E-state index in [-0.39, 0.29) is 29.4 Å². The first-order valence-corrected chi connectivity index (χ1v) is 13.9. The number of hydrogen-bond acceptors (Lipinski definition) is 8. The minimum Gasteiger partial charge on any atom is -0.481 e. The van der Waals surface area contributed by atoms with Gasteiger partial charge in [-0.05, 0) is 57.6 Å². The molecule has 1 aliphatic rings. The van der Waals surface area contributed by atoms with Crippen LogP contribution >= 0.6 is 11.3 Å². The molecule has 0 radical (unpaired) electrons. The van der Waals surface area contributed by atoms with Crippen LogP contribution in [0.25, 0.3) is 16.5 Å². The number of epoxide rings is 1. The lowest BCUT2D eigenvalue weighted by atomic mass is 9.73. The third kappa shape index (κ3) is 8.35. The largest absolute Gasteiger partial charge is 0.481 e. The van der Waals surface area contributed by atoms with Gasteiger partial charge in [-0.25, -0.2) is 4.98 Å². The van der Waals surface area contributed by atoms with E-state index < -0.39 is 35.9 Å². The summed E-state index contributed by atoms with van der Waals surface area (Å²) in [6.07, 6.45) is 1.89. The maximum Gasteiger partial charge on any atom is 0.306 e. The Balaban J connectivity index is 1.88. The maximum atomic E-state index is 13.0. The summed E-state index contributed by atoms with van der Waals surface area (Å²) in [6, 6.07) is -0.332. The third-order valence-electron chi connectivity index (χ3n) is 7.88. The summed E-state index contributed by atoms with van der Waals surface area (Å²) in [7, 11) is 0. The number of ether oxygens (including phenoxy) is 1. The van der Waals surface area contributed by atoms with Crippen LogP contribution in [0.5, 0.6) is 0 Å². The van der Waals surface area contributed by atoms with Crippen LogP contribution in [-0.4, -0.2) is 62.0 Å². The fraction of sp³-hybridized carbons (Fsp3) is 0.741. The number of aryl methyl sites for hydroxylation is 1. The fourth-order valence-corrected chi connectivity index (χ4v) is 5.51. The summed E-state index contributed by atoms with van der Waals surface area (Å²) < 4.78 is 6.00. The zero-order valence-corrected chi connectivity index (χ0v) is 24.2. The highest BCUT2D eigenvalue weighted by Gasteiger charge is 2.52. The van der Waals surface area contributed by atoms with E-state index in [1.54, 1.807) is 18.3 Å². The molecule has 2 rings (SSSR count). The maximum absolute atomic E-state index is 13.0. The number of aliphatic carboxylic acids is 1. The molecule has 212 valence electrons. The van der Waals surface area contributed by atoms with E-state index in [4.69, 9.17) is 15.4 Å². The minimum absolute atomic E-state index is 0.0456. The molecule has 0 aliphatic carbocycles. The second-order valence-electron chi connectivity index (χ2n) is 11.4. The Labute approximate surface area is 228 Å². The first-order valence-electron chi connectivity index (χ1n) is 13.1. The number of ketones is 1. The number of carboxylic acid groups (broad SMARTS) is 1. The molecule has 10 nitrogen and oxygen atoms in total. The number of nitrogens with zero attached hydrogens (tertiary/aromatic N) is 4. The number of thiazole rings is 1. The van der Waals surface area contributed by atoms with Crippen molar-refractivity contribution in [3.05, 3.63) is 32.1 Å². The van der Waals surface area contributed by atoms with E-state index in [2.05, 4.69) is 15.0 Å². The molecular formula is C27H42N4O6S. The lowest BCUT2D eigenvalue weighted by molar-refractivity contribution is -0.147. The molecule has 2 heterocycles. The number of carbonyl (C=O) groups excluding carboxylic acids is 1. The summed E-state index contributed by atoms with van der Waals surface area (Å²) in [6.45, 7) is 12.4. The zero-order chi connectivity index (χ0) is 28.8. The Kier molecular flexibility index (Phi) is 11.1. The Morgan fingerprint density at radius 2 is 2.03 bits per heavy atom. The van der Waals surface area contributed by atoms with Gasteiger partial charge in [-0.2, -0.15) is 0 Å². The van der Waals surface area contributed by atoms with Crippen LogP contribution in [0.2, 0.25) is 0 Å². The van der Waals surface area contributed by atoms with Crippen LogP contribution in [0.4, 0.5) is 0 Å². The number of carbonyl (C=O) groups is 2. The van der Waals surface area contributed by atoms with Gasteiger partial charge in [0.05, 0.1) is 52.5 Å². The van der Waals surface area contributed by atoms with E-state index in [0.29, 0.717) is 12.8 Å². The Morgan fingerprint density at radius 1 is 1.37 bits per heavy atom. The molecule has 1 aliphatic heterocycles. The molecule has 0 bridgehead atoms. The van der Waals surface area contributed by atoms with Gasteiger partial charge in [0.2, 0.25) is 0 Å². The topological polar surface area (TPSA) is 169 Å². The van der Waals surface area contributed by atoms with E-state index in [9.17, 15) is 19.8 Å². The average molecular weight is 551 g/mol. The third-order valence-corrected chi connectivity index (χ3v) is 8.67. The van der Waals surface area contributed by atoms with Crippen LogP contribution < -0.4 is 0 Å². The van der Waals surface area contributed by atoms with Gasteiger partial charge >= 0.3 is 5.97 Å². The molecule has 0 unspecified atom stereocenters. The normalized spacial score (nSPS) is 23.6. The SMILES string of the molecule is C/C(=C\c1csc(C)n1)[C@H](C[C@@H]1O[C@]1(C)CCC[C@H](C)[C@H](O)[C@@H](C)C(=O)C(C)(C)[C@@H](O)CC(=O)O)N=[N+]=[N-]. The average Bonchev–Trinajstić information content (AvgIpc) is 3.28. The number of carboxylic acids is 1. The fourth-order valence-electron chi connectivity index (χ4n) is 4.94. The molecule has 1 aromatic heterocycles. The van der Waals surface area contributed by atoms with E-state index in [0.717, 1.165) is 29.1 Å². The van der Waals surface area contributed by atoms with E-state index >= 15 is 0 Å². The minimum atomic E-state index is -1.33. The number of rotatable bonds is 16. The molecular weight excluding hydrogens is 508 g/mol. The summed E-state index contributed by atoms with van der Waals surface area (Å²) in [5.41, 5.74) is 9.22. The zero-order valence-electron chi connectivity index (χ0n) is 23.4. The highest BCUT2D eigenvalue weighted by atomic mass is 32.1. The van der Waals surface area contributed by atoms with Crippen molar-refractivity contribution in [3.63, 3.8) is 0 Å². The first-order chi connectivity index (χ1) is 17.6.